The Morgan fingerprint density at radius 3 is 2.39 bits per heavy atom. The summed E-state index contributed by atoms with van der Waals surface area (Å²) >= 11 is 1.44. The lowest BCUT2D eigenvalue weighted by Crippen LogP contribution is -2.42. The van der Waals surface area contributed by atoms with Gasteiger partial charge in [-0.15, -0.1) is 0 Å². The Bertz CT molecular complexity index is 1220. The number of nitrogens with one attached hydrogen (secondary N) is 1. The molecule has 0 aliphatic carbocycles. The van der Waals surface area contributed by atoms with Crippen LogP contribution in [0.1, 0.15) is 41.8 Å². The summed E-state index contributed by atoms with van der Waals surface area (Å²) in [5, 5.41) is 3.37. The number of carbonyl (C=O) groups excluding carboxylic acids is 1. The van der Waals surface area contributed by atoms with Crippen molar-refractivity contribution in [1.29, 1.82) is 0 Å². The monoisotopic (exact) mass is 457 g/mol. The molecule has 0 saturated carbocycles. The number of rotatable bonds is 4. The van der Waals surface area contributed by atoms with E-state index in [1.165, 1.54) is 23.5 Å². The minimum atomic E-state index is -3.56. The van der Waals surface area contributed by atoms with Crippen molar-refractivity contribution in [3.63, 3.8) is 0 Å². The average Bonchev–Trinajstić information content (AvgIpc) is 3.10. The van der Waals surface area contributed by atoms with E-state index in [-0.39, 0.29) is 10.8 Å². The molecule has 0 radical (unpaired) electrons. The smallest absolute Gasteiger partial charge is 0.257 e. The van der Waals surface area contributed by atoms with Crippen molar-refractivity contribution in [2.45, 2.75) is 39.0 Å². The number of nitrogens with zero attached hydrogens (tertiary/aromatic N) is 2. The number of anilines is 1. The SMILES string of the molecule is Cc1cc(C)c2sc(NC(=O)c3ccc(S(=O)(=O)N4CC(C)CC(C)C4)cc3)nc2c1. The summed E-state index contributed by atoms with van der Waals surface area (Å²) < 4.78 is 28.7. The number of aromatic nitrogens is 1. The normalized spacial score (nSPS) is 20.1. The van der Waals surface area contributed by atoms with E-state index >= 15 is 0 Å². The second-order valence-corrected chi connectivity index (χ2v) is 11.6. The first-order valence-corrected chi connectivity index (χ1v) is 12.7. The van der Waals surface area contributed by atoms with E-state index < -0.39 is 10.0 Å². The first-order chi connectivity index (χ1) is 14.6. The molecule has 0 bridgehead atoms. The molecule has 2 heterocycles. The molecular formula is C23H27N3O3S2. The number of amides is 1. The number of sulfonamides is 1. The van der Waals surface area contributed by atoms with Crippen molar-refractivity contribution in [3.8, 4) is 0 Å². The van der Waals surface area contributed by atoms with Gasteiger partial charge >= 0.3 is 0 Å². The number of fused-ring (bicyclic) bond motifs is 1. The lowest BCUT2D eigenvalue weighted by molar-refractivity contribution is 0.102. The summed E-state index contributed by atoms with van der Waals surface area (Å²) in [5.74, 6) is 0.368. The van der Waals surface area contributed by atoms with Crippen LogP contribution in [0.25, 0.3) is 10.2 Å². The maximum absolute atomic E-state index is 13.0. The lowest BCUT2D eigenvalue weighted by Gasteiger charge is -2.34. The Hall–Kier alpha value is -2.29. The van der Waals surface area contributed by atoms with Crippen molar-refractivity contribution in [2.24, 2.45) is 11.8 Å². The molecule has 1 saturated heterocycles. The van der Waals surface area contributed by atoms with Gasteiger partial charge in [-0.1, -0.05) is 31.3 Å². The van der Waals surface area contributed by atoms with Crippen molar-refractivity contribution in [3.05, 3.63) is 53.1 Å². The predicted molar refractivity (Wildman–Crippen MR) is 125 cm³/mol. The van der Waals surface area contributed by atoms with E-state index in [1.54, 1.807) is 16.4 Å². The van der Waals surface area contributed by atoms with E-state index in [9.17, 15) is 13.2 Å². The van der Waals surface area contributed by atoms with Crippen molar-refractivity contribution < 1.29 is 13.2 Å². The Kier molecular flexibility index (Phi) is 5.89. The molecule has 164 valence electrons. The molecule has 1 N–H and O–H groups in total. The number of piperidine rings is 1. The second-order valence-electron chi connectivity index (χ2n) is 8.70. The fraction of sp³-hybridized carbons (Fsp3) is 0.391. The molecule has 2 unspecified atom stereocenters. The first kappa shape index (κ1) is 21.9. The van der Waals surface area contributed by atoms with Crippen LogP contribution in [-0.4, -0.2) is 36.7 Å². The van der Waals surface area contributed by atoms with E-state index in [0.717, 1.165) is 27.8 Å². The highest BCUT2D eigenvalue weighted by Crippen LogP contribution is 2.30. The van der Waals surface area contributed by atoms with Crippen LogP contribution in [-0.2, 0) is 10.0 Å². The van der Waals surface area contributed by atoms with E-state index in [2.05, 4.69) is 30.2 Å². The molecule has 8 heteroatoms. The molecule has 6 nitrogen and oxygen atoms in total. The van der Waals surface area contributed by atoms with E-state index in [0.29, 0.717) is 35.6 Å². The topological polar surface area (TPSA) is 79.4 Å². The Labute approximate surface area is 187 Å². The molecule has 2 aromatic carbocycles. The van der Waals surface area contributed by atoms with Gasteiger partial charge in [-0.05, 0) is 73.6 Å². The number of aryl methyl sites for hydroxylation is 2. The minimum absolute atomic E-state index is 0.219. The predicted octanol–water partition coefficient (Wildman–Crippen LogP) is 4.83. The number of hydrogen-bond acceptors (Lipinski definition) is 5. The summed E-state index contributed by atoms with van der Waals surface area (Å²) in [6, 6.07) is 10.2. The van der Waals surface area contributed by atoms with Crippen LogP contribution in [0.4, 0.5) is 5.13 Å². The molecule has 1 amide bonds. The average molecular weight is 458 g/mol. The van der Waals surface area contributed by atoms with Crippen LogP contribution in [0.3, 0.4) is 0 Å². The molecule has 1 aliphatic rings. The lowest BCUT2D eigenvalue weighted by atomic mass is 9.94. The quantitative estimate of drug-likeness (QED) is 0.608. The molecule has 4 rings (SSSR count). The number of carbonyl (C=O) groups is 1. The largest absolute Gasteiger partial charge is 0.298 e. The third kappa shape index (κ3) is 4.51. The van der Waals surface area contributed by atoms with Crippen molar-refractivity contribution >= 4 is 42.6 Å². The van der Waals surface area contributed by atoms with Gasteiger partial charge in [-0.25, -0.2) is 13.4 Å². The zero-order chi connectivity index (χ0) is 22.3. The highest BCUT2D eigenvalue weighted by Gasteiger charge is 2.31. The zero-order valence-electron chi connectivity index (χ0n) is 18.2. The van der Waals surface area contributed by atoms with Gasteiger partial charge in [0.2, 0.25) is 10.0 Å². The van der Waals surface area contributed by atoms with Gasteiger partial charge in [-0.2, -0.15) is 4.31 Å². The highest BCUT2D eigenvalue weighted by atomic mass is 32.2. The molecule has 3 aromatic rings. The van der Waals surface area contributed by atoms with E-state index in [4.69, 9.17) is 0 Å². The van der Waals surface area contributed by atoms with Gasteiger partial charge in [0.25, 0.3) is 5.91 Å². The molecule has 0 spiro atoms. The van der Waals surface area contributed by atoms with Gasteiger partial charge < -0.3 is 0 Å². The van der Waals surface area contributed by atoms with Crippen LogP contribution < -0.4 is 5.32 Å². The first-order valence-electron chi connectivity index (χ1n) is 10.4. The molecular weight excluding hydrogens is 430 g/mol. The minimum Gasteiger partial charge on any atom is -0.298 e. The summed E-state index contributed by atoms with van der Waals surface area (Å²) in [6.07, 6.45) is 1.04. The Morgan fingerprint density at radius 2 is 1.74 bits per heavy atom. The van der Waals surface area contributed by atoms with Crippen LogP contribution in [0.15, 0.2) is 41.3 Å². The highest BCUT2D eigenvalue weighted by molar-refractivity contribution is 7.89. The number of thiazole rings is 1. The fourth-order valence-electron chi connectivity index (χ4n) is 4.33. The second kappa shape index (κ2) is 8.33. The molecule has 2 atom stereocenters. The molecule has 1 aliphatic heterocycles. The molecule has 31 heavy (non-hydrogen) atoms. The molecule has 1 aromatic heterocycles. The Morgan fingerprint density at radius 1 is 1.10 bits per heavy atom. The fourth-order valence-corrected chi connectivity index (χ4v) is 6.92. The third-order valence-corrected chi connectivity index (χ3v) is 8.60. The van der Waals surface area contributed by atoms with E-state index in [1.807, 2.05) is 19.9 Å². The van der Waals surface area contributed by atoms with Crippen molar-refractivity contribution in [1.82, 2.24) is 9.29 Å². The summed E-state index contributed by atoms with van der Waals surface area (Å²) in [5.41, 5.74) is 3.52. The standard InChI is InChI=1S/C23H27N3O3S2/c1-14-10-17(4)21-20(11-14)24-23(30-21)25-22(27)18-5-7-19(8-6-18)31(28,29)26-12-15(2)9-16(3)13-26/h5-8,10-11,15-16H,9,12-13H2,1-4H3,(H,24,25,27). The van der Waals surface area contributed by atoms with Gasteiger partial charge in [0.05, 0.1) is 15.1 Å². The van der Waals surface area contributed by atoms with Gasteiger partial charge in [-0.3, -0.25) is 10.1 Å². The number of benzene rings is 2. The Balaban J connectivity index is 1.51. The van der Waals surface area contributed by atoms with Gasteiger partial charge in [0.15, 0.2) is 5.13 Å². The summed E-state index contributed by atoms with van der Waals surface area (Å²) in [6.45, 7) is 9.27. The summed E-state index contributed by atoms with van der Waals surface area (Å²) in [7, 11) is -3.56. The molecule has 1 fully saturated rings. The number of hydrogen-bond donors (Lipinski definition) is 1. The van der Waals surface area contributed by atoms with Crippen LogP contribution in [0.5, 0.6) is 0 Å². The summed E-state index contributed by atoms with van der Waals surface area (Å²) in [4.78, 5) is 17.4. The van der Waals surface area contributed by atoms with Crippen LogP contribution in [0.2, 0.25) is 0 Å². The van der Waals surface area contributed by atoms with Crippen LogP contribution >= 0.6 is 11.3 Å². The van der Waals surface area contributed by atoms with Crippen molar-refractivity contribution in [2.75, 3.05) is 18.4 Å². The van der Waals surface area contributed by atoms with Gasteiger partial charge in [0, 0.05) is 18.7 Å². The maximum atomic E-state index is 13.0. The van der Waals surface area contributed by atoms with Gasteiger partial charge in [0.1, 0.15) is 0 Å². The third-order valence-electron chi connectivity index (χ3n) is 5.63. The maximum Gasteiger partial charge on any atom is 0.257 e. The van der Waals surface area contributed by atoms with Crippen LogP contribution in [0, 0.1) is 25.7 Å². The zero-order valence-corrected chi connectivity index (χ0v) is 19.8.